The van der Waals surface area contributed by atoms with Gasteiger partial charge in [0.25, 0.3) is 0 Å². The number of aliphatic hydroxyl groups excluding tert-OH is 1. The molecule has 0 radical (unpaired) electrons. The minimum absolute atomic E-state index is 0.276. The quantitative estimate of drug-likeness (QED) is 0.663. The molecule has 2 saturated heterocycles. The van der Waals surface area contributed by atoms with Gasteiger partial charge >= 0.3 is 0 Å². The summed E-state index contributed by atoms with van der Waals surface area (Å²) in [6, 6.07) is 2.42. The third-order valence-corrected chi connectivity index (χ3v) is 6.72. The molecular formula is C20H24ClN3O4. The standard InChI is InChI=1S/C20H24ClN3O4/c1-5-9(3)24-17(26)13-14(18(24)27)20(23-16(13)10(4)25)12-7-11(21)6-8(2)15(12)22-19(20)28/h6-7,9-10,13-14,16,23,25H,5H2,1-4H3,(H,22,28)/t9-,10-,13-,14-,16-,20-/m0/s1. The third kappa shape index (κ3) is 2.27. The summed E-state index contributed by atoms with van der Waals surface area (Å²) in [6.07, 6.45) is -0.303. The second kappa shape index (κ2) is 6.27. The molecule has 150 valence electrons. The van der Waals surface area contributed by atoms with Gasteiger partial charge in [-0.1, -0.05) is 18.5 Å². The molecular weight excluding hydrogens is 382 g/mol. The van der Waals surface area contributed by atoms with Crippen molar-refractivity contribution >= 4 is 35.0 Å². The number of imide groups is 1. The molecule has 3 heterocycles. The van der Waals surface area contributed by atoms with E-state index in [4.69, 9.17) is 11.6 Å². The fourth-order valence-corrected chi connectivity index (χ4v) is 5.29. The number of hydrogen-bond acceptors (Lipinski definition) is 5. The van der Waals surface area contributed by atoms with Crippen molar-refractivity contribution < 1.29 is 19.5 Å². The van der Waals surface area contributed by atoms with Crippen LogP contribution in [0.25, 0.3) is 0 Å². The summed E-state index contributed by atoms with van der Waals surface area (Å²) in [7, 11) is 0. The van der Waals surface area contributed by atoms with Gasteiger partial charge in [0.1, 0.15) is 5.54 Å². The zero-order chi connectivity index (χ0) is 20.5. The van der Waals surface area contributed by atoms with Gasteiger partial charge in [0.2, 0.25) is 17.7 Å². The van der Waals surface area contributed by atoms with Gasteiger partial charge in [-0.15, -0.1) is 0 Å². The van der Waals surface area contributed by atoms with E-state index in [1.54, 1.807) is 19.1 Å². The lowest BCUT2D eigenvalue weighted by atomic mass is 9.76. The van der Waals surface area contributed by atoms with E-state index in [0.717, 1.165) is 5.56 Å². The van der Waals surface area contributed by atoms with Crippen molar-refractivity contribution in [3.63, 3.8) is 0 Å². The topological polar surface area (TPSA) is 98.7 Å². The lowest BCUT2D eigenvalue weighted by Crippen LogP contribution is -2.55. The Morgan fingerprint density at radius 3 is 2.54 bits per heavy atom. The highest BCUT2D eigenvalue weighted by Crippen LogP contribution is 2.54. The van der Waals surface area contributed by atoms with Crippen molar-refractivity contribution in [2.75, 3.05) is 5.32 Å². The zero-order valence-electron chi connectivity index (χ0n) is 16.2. The molecule has 3 aliphatic heterocycles. The first-order chi connectivity index (χ1) is 13.1. The van der Waals surface area contributed by atoms with Crippen molar-refractivity contribution in [3.05, 3.63) is 28.3 Å². The van der Waals surface area contributed by atoms with Crippen LogP contribution in [-0.2, 0) is 19.9 Å². The molecule has 2 fully saturated rings. The van der Waals surface area contributed by atoms with E-state index in [9.17, 15) is 19.5 Å². The van der Waals surface area contributed by atoms with E-state index < -0.39 is 35.4 Å². The lowest BCUT2D eigenvalue weighted by Gasteiger charge is -2.31. The number of halogens is 1. The monoisotopic (exact) mass is 405 g/mol. The van der Waals surface area contributed by atoms with E-state index in [1.165, 1.54) is 4.90 Å². The molecule has 1 aromatic carbocycles. The summed E-state index contributed by atoms with van der Waals surface area (Å²) in [6.45, 7) is 7.11. The number of aliphatic hydroxyl groups is 1. The Hall–Kier alpha value is -1.96. The van der Waals surface area contributed by atoms with Gasteiger partial charge in [-0.2, -0.15) is 0 Å². The number of rotatable bonds is 3. The minimum atomic E-state index is -1.42. The second-order valence-corrected chi connectivity index (χ2v) is 8.56. The van der Waals surface area contributed by atoms with E-state index in [2.05, 4.69) is 10.6 Å². The third-order valence-electron chi connectivity index (χ3n) is 6.51. The molecule has 0 saturated carbocycles. The van der Waals surface area contributed by atoms with E-state index >= 15 is 0 Å². The highest BCUT2D eigenvalue weighted by atomic mass is 35.5. The number of benzene rings is 1. The number of anilines is 1. The molecule has 3 N–H and O–H groups in total. The van der Waals surface area contributed by atoms with Crippen molar-refractivity contribution in [2.24, 2.45) is 11.8 Å². The van der Waals surface area contributed by atoms with Crippen LogP contribution >= 0.6 is 11.6 Å². The number of carbonyl (C=O) groups is 3. The maximum Gasteiger partial charge on any atom is 0.250 e. The summed E-state index contributed by atoms with van der Waals surface area (Å²) in [5.41, 5.74) is 0.524. The highest BCUT2D eigenvalue weighted by Gasteiger charge is 2.71. The molecule has 3 aliphatic rings. The van der Waals surface area contributed by atoms with Gasteiger partial charge in [0.15, 0.2) is 0 Å². The van der Waals surface area contributed by atoms with E-state index in [1.807, 2.05) is 20.8 Å². The molecule has 8 heteroatoms. The molecule has 3 amide bonds. The number of likely N-dealkylation sites (tertiary alicyclic amines) is 1. The van der Waals surface area contributed by atoms with Crippen LogP contribution in [-0.4, -0.2) is 45.9 Å². The number of aryl methyl sites for hydroxylation is 1. The molecule has 4 rings (SSSR count). The van der Waals surface area contributed by atoms with Crippen LogP contribution in [0.2, 0.25) is 5.02 Å². The van der Waals surface area contributed by atoms with Crippen molar-refractivity contribution in [1.29, 1.82) is 0 Å². The molecule has 28 heavy (non-hydrogen) atoms. The van der Waals surface area contributed by atoms with Gasteiger partial charge in [-0.05, 0) is 44.9 Å². The van der Waals surface area contributed by atoms with Gasteiger partial charge in [-0.3, -0.25) is 24.6 Å². The fraction of sp³-hybridized carbons (Fsp3) is 0.550. The molecule has 7 nitrogen and oxygen atoms in total. The number of carbonyl (C=O) groups excluding carboxylic acids is 3. The van der Waals surface area contributed by atoms with Gasteiger partial charge in [0, 0.05) is 28.4 Å². The van der Waals surface area contributed by atoms with Crippen LogP contribution in [0.1, 0.15) is 38.3 Å². The average Bonchev–Trinajstić information content (AvgIpc) is 3.21. The molecule has 1 aromatic rings. The SMILES string of the molecule is CC[C@H](C)N1C(=O)[C@@H]2[C@H]([C@H](C)O)N[C@]3(C(=O)Nc4c(C)cc(Cl)cc43)[C@@H]2C1=O. The van der Waals surface area contributed by atoms with Crippen LogP contribution in [0.3, 0.4) is 0 Å². The summed E-state index contributed by atoms with van der Waals surface area (Å²) in [5, 5.41) is 16.9. The molecule has 6 atom stereocenters. The molecule has 0 bridgehead atoms. The molecule has 0 aliphatic carbocycles. The Morgan fingerprint density at radius 2 is 1.93 bits per heavy atom. The normalized spacial score (nSPS) is 33.3. The Labute approximate surface area is 168 Å². The van der Waals surface area contributed by atoms with Crippen LogP contribution < -0.4 is 10.6 Å². The summed E-state index contributed by atoms with van der Waals surface area (Å²) >= 11 is 6.27. The maximum atomic E-state index is 13.4. The van der Waals surface area contributed by atoms with Crippen molar-refractivity contribution in [1.82, 2.24) is 10.2 Å². The summed E-state index contributed by atoms with van der Waals surface area (Å²) in [5.74, 6) is -2.83. The Balaban J connectivity index is 1.94. The van der Waals surface area contributed by atoms with Gasteiger partial charge in [0.05, 0.1) is 17.9 Å². The van der Waals surface area contributed by atoms with Crippen LogP contribution in [0.5, 0.6) is 0 Å². The maximum absolute atomic E-state index is 13.4. The van der Waals surface area contributed by atoms with E-state index in [0.29, 0.717) is 22.7 Å². The Kier molecular flexibility index (Phi) is 4.34. The Morgan fingerprint density at radius 1 is 1.25 bits per heavy atom. The molecule has 0 unspecified atom stereocenters. The Bertz CT molecular complexity index is 902. The van der Waals surface area contributed by atoms with Crippen LogP contribution in [0, 0.1) is 18.8 Å². The molecule has 0 aromatic heterocycles. The first-order valence-electron chi connectivity index (χ1n) is 9.59. The average molecular weight is 406 g/mol. The largest absolute Gasteiger partial charge is 0.392 e. The zero-order valence-corrected chi connectivity index (χ0v) is 17.0. The number of fused-ring (bicyclic) bond motifs is 4. The summed E-state index contributed by atoms with van der Waals surface area (Å²) < 4.78 is 0. The molecule has 1 spiro atoms. The van der Waals surface area contributed by atoms with Crippen LogP contribution in [0.4, 0.5) is 5.69 Å². The van der Waals surface area contributed by atoms with Crippen LogP contribution in [0.15, 0.2) is 12.1 Å². The smallest absolute Gasteiger partial charge is 0.250 e. The van der Waals surface area contributed by atoms with E-state index in [-0.39, 0.29) is 17.9 Å². The predicted octanol–water partition coefficient (Wildman–Crippen LogP) is 1.55. The van der Waals surface area contributed by atoms with Gasteiger partial charge < -0.3 is 10.4 Å². The number of nitrogens with zero attached hydrogens (tertiary/aromatic N) is 1. The number of amides is 3. The summed E-state index contributed by atoms with van der Waals surface area (Å²) in [4.78, 5) is 41.1. The highest BCUT2D eigenvalue weighted by molar-refractivity contribution is 6.31. The minimum Gasteiger partial charge on any atom is -0.392 e. The lowest BCUT2D eigenvalue weighted by molar-refractivity contribution is -0.145. The fourth-order valence-electron chi connectivity index (χ4n) is 5.02. The predicted molar refractivity (Wildman–Crippen MR) is 104 cm³/mol. The first kappa shape index (κ1) is 19.4. The second-order valence-electron chi connectivity index (χ2n) is 8.13. The van der Waals surface area contributed by atoms with Gasteiger partial charge in [-0.25, -0.2) is 0 Å². The number of nitrogens with one attached hydrogen (secondary N) is 2. The number of hydrogen-bond donors (Lipinski definition) is 3. The first-order valence-corrected chi connectivity index (χ1v) is 9.97. The van der Waals surface area contributed by atoms with Crippen molar-refractivity contribution in [2.45, 2.75) is 57.8 Å². The van der Waals surface area contributed by atoms with Crippen molar-refractivity contribution in [3.8, 4) is 0 Å².